The standard InChI is InChI=1S/C17H28N2O2.ClH/c1-5-14(4)21-16-10-12(2)6-8-15(16)11-19-17(20)9-7-13(3)18;/h6,8,10,13-14H,5,7,9,11,18H2,1-4H3,(H,19,20);1H. The molecule has 22 heavy (non-hydrogen) atoms. The van der Waals surface area contributed by atoms with Crippen molar-refractivity contribution in [1.82, 2.24) is 5.32 Å². The topological polar surface area (TPSA) is 64.3 Å². The number of benzene rings is 1. The monoisotopic (exact) mass is 328 g/mol. The number of hydrogen-bond acceptors (Lipinski definition) is 3. The minimum Gasteiger partial charge on any atom is -0.490 e. The molecule has 2 atom stereocenters. The highest BCUT2D eigenvalue weighted by Gasteiger charge is 2.09. The van der Waals surface area contributed by atoms with Crippen LogP contribution in [0.15, 0.2) is 18.2 Å². The zero-order chi connectivity index (χ0) is 15.8. The minimum atomic E-state index is 0. The van der Waals surface area contributed by atoms with Crippen LogP contribution < -0.4 is 15.8 Å². The molecule has 0 aromatic heterocycles. The summed E-state index contributed by atoms with van der Waals surface area (Å²) in [6.45, 7) is 8.58. The van der Waals surface area contributed by atoms with E-state index in [-0.39, 0.29) is 30.5 Å². The van der Waals surface area contributed by atoms with Gasteiger partial charge in [-0.1, -0.05) is 19.1 Å². The quantitative estimate of drug-likeness (QED) is 0.769. The highest BCUT2D eigenvalue weighted by Crippen LogP contribution is 2.22. The van der Waals surface area contributed by atoms with Gasteiger partial charge in [0.25, 0.3) is 0 Å². The molecule has 0 aliphatic carbocycles. The molecule has 0 saturated heterocycles. The minimum absolute atomic E-state index is 0. The molecule has 2 unspecified atom stereocenters. The van der Waals surface area contributed by atoms with Crippen molar-refractivity contribution >= 4 is 18.3 Å². The lowest BCUT2D eigenvalue weighted by molar-refractivity contribution is -0.121. The van der Waals surface area contributed by atoms with E-state index in [9.17, 15) is 4.79 Å². The van der Waals surface area contributed by atoms with E-state index >= 15 is 0 Å². The van der Waals surface area contributed by atoms with Crippen LogP contribution in [0.2, 0.25) is 0 Å². The number of halogens is 1. The van der Waals surface area contributed by atoms with E-state index in [0.29, 0.717) is 19.4 Å². The zero-order valence-electron chi connectivity index (χ0n) is 14.0. The molecule has 0 spiro atoms. The van der Waals surface area contributed by atoms with Crippen molar-refractivity contribution in [1.29, 1.82) is 0 Å². The molecule has 0 aliphatic heterocycles. The number of ether oxygens (including phenoxy) is 1. The molecule has 126 valence electrons. The van der Waals surface area contributed by atoms with Gasteiger partial charge in [0.1, 0.15) is 5.75 Å². The first-order chi connectivity index (χ1) is 9.92. The van der Waals surface area contributed by atoms with Crippen LogP contribution in [0.4, 0.5) is 0 Å². The van der Waals surface area contributed by atoms with Crippen LogP contribution in [0.5, 0.6) is 5.75 Å². The second-order valence-electron chi connectivity index (χ2n) is 5.74. The van der Waals surface area contributed by atoms with Crippen molar-refractivity contribution in [2.45, 2.75) is 65.6 Å². The third-order valence-corrected chi connectivity index (χ3v) is 3.43. The van der Waals surface area contributed by atoms with Gasteiger partial charge in [-0.15, -0.1) is 12.4 Å². The molecule has 1 rings (SSSR count). The van der Waals surface area contributed by atoms with Crippen molar-refractivity contribution in [3.8, 4) is 5.75 Å². The predicted molar refractivity (Wildman–Crippen MR) is 93.5 cm³/mol. The van der Waals surface area contributed by atoms with E-state index in [0.717, 1.165) is 23.3 Å². The normalized spacial score (nSPS) is 13.0. The van der Waals surface area contributed by atoms with Crippen LogP contribution in [0, 0.1) is 6.92 Å². The molecule has 0 aliphatic rings. The second-order valence-corrected chi connectivity index (χ2v) is 5.74. The van der Waals surface area contributed by atoms with Crippen LogP contribution in [0.1, 0.15) is 51.2 Å². The second kappa shape index (κ2) is 10.5. The Morgan fingerprint density at radius 3 is 2.64 bits per heavy atom. The summed E-state index contributed by atoms with van der Waals surface area (Å²) >= 11 is 0. The SMILES string of the molecule is CCC(C)Oc1cc(C)ccc1CNC(=O)CCC(C)N.Cl. The molecule has 0 bridgehead atoms. The van der Waals surface area contributed by atoms with E-state index in [1.807, 2.05) is 39.0 Å². The first-order valence-electron chi connectivity index (χ1n) is 7.70. The van der Waals surface area contributed by atoms with Crippen LogP contribution in [0.25, 0.3) is 0 Å². The lowest BCUT2D eigenvalue weighted by atomic mass is 10.1. The lowest BCUT2D eigenvalue weighted by Crippen LogP contribution is -2.26. The lowest BCUT2D eigenvalue weighted by Gasteiger charge is -2.17. The largest absolute Gasteiger partial charge is 0.490 e. The third-order valence-electron chi connectivity index (χ3n) is 3.43. The number of amides is 1. The summed E-state index contributed by atoms with van der Waals surface area (Å²) in [4.78, 5) is 11.8. The van der Waals surface area contributed by atoms with E-state index in [4.69, 9.17) is 10.5 Å². The molecule has 1 amide bonds. The summed E-state index contributed by atoms with van der Waals surface area (Å²) in [6, 6.07) is 6.13. The highest BCUT2D eigenvalue weighted by atomic mass is 35.5. The van der Waals surface area contributed by atoms with Crippen molar-refractivity contribution in [3.05, 3.63) is 29.3 Å². The van der Waals surface area contributed by atoms with Crippen LogP contribution >= 0.6 is 12.4 Å². The van der Waals surface area contributed by atoms with Gasteiger partial charge in [-0.05, 0) is 45.2 Å². The van der Waals surface area contributed by atoms with Gasteiger partial charge in [0, 0.05) is 24.6 Å². The molecule has 1 aromatic carbocycles. The van der Waals surface area contributed by atoms with Gasteiger partial charge in [-0.2, -0.15) is 0 Å². The summed E-state index contributed by atoms with van der Waals surface area (Å²) in [5, 5.41) is 2.93. The Balaban J connectivity index is 0.00000441. The molecular formula is C17H29ClN2O2. The number of hydrogen-bond donors (Lipinski definition) is 2. The fraction of sp³-hybridized carbons (Fsp3) is 0.588. The fourth-order valence-electron chi connectivity index (χ4n) is 1.86. The highest BCUT2D eigenvalue weighted by molar-refractivity contribution is 5.85. The van der Waals surface area contributed by atoms with E-state index in [1.54, 1.807) is 0 Å². The Bertz CT molecular complexity index is 464. The van der Waals surface area contributed by atoms with Crippen molar-refractivity contribution in [3.63, 3.8) is 0 Å². The molecule has 0 fully saturated rings. The number of carbonyl (C=O) groups excluding carboxylic acids is 1. The first kappa shape index (κ1) is 20.7. The smallest absolute Gasteiger partial charge is 0.220 e. The van der Waals surface area contributed by atoms with Crippen LogP contribution in [-0.4, -0.2) is 18.1 Å². The molecule has 0 saturated carbocycles. The maximum absolute atomic E-state index is 11.8. The molecule has 0 radical (unpaired) electrons. The van der Waals surface area contributed by atoms with Gasteiger partial charge in [0.15, 0.2) is 0 Å². The first-order valence-corrected chi connectivity index (χ1v) is 7.70. The third kappa shape index (κ3) is 7.66. The van der Waals surface area contributed by atoms with Gasteiger partial charge in [0.2, 0.25) is 5.91 Å². The van der Waals surface area contributed by atoms with Gasteiger partial charge in [0.05, 0.1) is 6.10 Å². The summed E-state index contributed by atoms with van der Waals surface area (Å²) in [5.74, 6) is 0.888. The fourth-order valence-corrected chi connectivity index (χ4v) is 1.86. The number of aryl methyl sites for hydroxylation is 1. The van der Waals surface area contributed by atoms with E-state index in [1.165, 1.54) is 0 Å². The maximum atomic E-state index is 11.8. The predicted octanol–water partition coefficient (Wildman–Crippen LogP) is 3.34. The summed E-state index contributed by atoms with van der Waals surface area (Å²) < 4.78 is 5.93. The summed E-state index contributed by atoms with van der Waals surface area (Å²) in [6.07, 6.45) is 2.29. The zero-order valence-corrected chi connectivity index (χ0v) is 14.8. The van der Waals surface area contributed by atoms with E-state index < -0.39 is 0 Å². The Hall–Kier alpha value is -1.26. The Labute approximate surface area is 140 Å². The Morgan fingerprint density at radius 1 is 1.36 bits per heavy atom. The van der Waals surface area contributed by atoms with Crippen molar-refractivity contribution in [2.75, 3.05) is 0 Å². The maximum Gasteiger partial charge on any atom is 0.220 e. The van der Waals surface area contributed by atoms with Gasteiger partial charge < -0.3 is 15.8 Å². The Kier molecular flexibility index (Phi) is 9.86. The average molecular weight is 329 g/mol. The molecule has 4 nitrogen and oxygen atoms in total. The average Bonchev–Trinajstić information content (AvgIpc) is 2.44. The molecular weight excluding hydrogens is 300 g/mol. The van der Waals surface area contributed by atoms with Crippen molar-refractivity contribution < 1.29 is 9.53 Å². The van der Waals surface area contributed by atoms with Gasteiger partial charge >= 0.3 is 0 Å². The number of nitrogens with two attached hydrogens (primary N) is 1. The molecule has 0 heterocycles. The number of rotatable bonds is 8. The van der Waals surface area contributed by atoms with Crippen LogP contribution in [-0.2, 0) is 11.3 Å². The molecule has 5 heteroatoms. The van der Waals surface area contributed by atoms with Gasteiger partial charge in [-0.3, -0.25) is 4.79 Å². The molecule has 1 aromatic rings. The Morgan fingerprint density at radius 2 is 2.05 bits per heavy atom. The van der Waals surface area contributed by atoms with E-state index in [2.05, 4.69) is 12.2 Å². The number of carbonyl (C=O) groups is 1. The van der Waals surface area contributed by atoms with Crippen molar-refractivity contribution in [2.24, 2.45) is 5.73 Å². The van der Waals surface area contributed by atoms with Gasteiger partial charge in [-0.25, -0.2) is 0 Å². The molecule has 3 N–H and O–H groups in total. The summed E-state index contributed by atoms with van der Waals surface area (Å²) in [7, 11) is 0. The number of nitrogens with one attached hydrogen (secondary N) is 1. The van der Waals surface area contributed by atoms with Crippen LogP contribution in [0.3, 0.4) is 0 Å². The summed E-state index contributed by atoms with van der Waals surface area (Å²) in [5.41, 5.74) is 7.82.